The van der Waals surface area contributed by atoms with Gasteiger partial charge in [-0.2, -0.15) is 5.10 Å². The van der Waals surface area contributed by atoms with E-state index in [4.69, 9.17) is 5.73 Å². The van der Waals surface area contributed by atoms with Crippen LogP contribution in [0, 0.1) is 0 Å². The van der Waals surface area contributed by atoms with Gasteiger partial charge in [0.1, 0.15) is 0 Å². The summed E-state index contributed by atoms with van der Waals surface area (Å²) in [6, 6.07) is 1.87. The summed E-state index contributed by atoms with van der Waals surface area (Å²) in [4.78, 5) is 0. The van der Waals surface area contributed by atoms with Crippen LogP contribution >= 0.6 is 0 Å². The van der Waals surface area contributed by atoms with Crippen molar-refractivity contribution in [2.24, 2.45) is 5.73 Å². The minimum atomic E-state index is -3.21. The molecule has 0 aliphatic heterocycles. The Morgan fingerprint density at radius 3 is 2.44 bits per heavy atom. The molecule has 0 fully saturated rings. The summed E-state index contributed by atoms with van der Waals surface area (Å²) >= 11 is 0. The molecule has 1 heterocycles. The molecule has 2 N–H and O–H groups in total. The number of aromatic nitrogens is 2. The maximum Gasteiger partial charge on any atom is 0.157 e. The Morgan fingerprint density at radius 1 is 1.39 bits per heavy atom. The first-order valence-electron chi connectivity index (χ1n) is 6.22. The fourth-order valence-electron chi connectivity index (χ4n) is 1.92. The smallest absolute Gasteiger partial charge is 0.157 e. The zero-order valence-electron chi connectivity index (χ0n) is 11.6. The predicted octanol–water partition coefficient (Wildman–Crippen LogP) is 1.12. The summed E-state index contributed by atoms with van der Waals surface area (Å²) in [5.41, 5.74) is 6.74. The lowest BCUT2D eigenvalue weighted by Gasteiger charge is -2.18. The Bertz CT molecular complexity index is 498. The third kappa shape index (κ3) is 4.42. The average Bonchev–Trinajstić information content (AvgIpc) is 2.55. The summed E-state index contributed by atoms with van der Waals surface area (Å²) in [6.07, 6.45) is 0.808. The molecule has 0 aliphatic carbocycles. The van der Waals surface area contributed by atoms with E-state index < -0.39 is 15.4 Å². The Morgan fingerprint density at radius 2 is 2.00 bits per heavy atom. The molecule has 1 aromatic rings. The second kappa shape index (κ2) is 5.40. The van der Waals surface area contributed by atoms with E-state index in [2.05, 4.69) is 5.10 Å². The second-order valence-corrected chi connectivity index (χ2v) is 7.38. The molecule has 0 bridgehead atoms. The molecule has 1 aromatic heterocycles. The lowest BCUT2D eigenvalue weighted by atomic mass is 10.1. The molecule has 5 nitrogen and oxygen atoms in total. The molecule has 0 saturated carbocycles. The van der Waals surface area contributed by atoms with Crippen LogP contribution in [0.4, 0.5) is 0 Å². The highest BCUT2D eigenvalue weighted by molar-refractivity contribution is 7.90. The highest BCUT2D eigenvalue weighted by Crippen LogP contribution is 2.13. The number of hydrogen-bond acceptors (Lipinski definition) is 4. The van der Waals surface area contributed by atoms with Crippen LogP contribution in [0.25, 0.3) is 0 Å². The molecule has 0 radical (unpaired) electrons. The van der Waals surface area contributed by atoms with Gasteiger partial charge in [-0.1, -0.05) is 6.92 Å². The number of nitrogens with two attached hydrogens (primary N) is 1. The van der Waals surface area contributed by atoms with Gasteiger partial charge < -0.3 is 5.73 Å². The standard InChI is InChI=1S/C12H23N3O2S/c1-5-10-7-11(15(6-2)14-10)8-18(16,17)9-12(3,4)13/h7H,5-6,8-9,13H2,1-4H3. The molecule has 0 unspecified atom stereocenters. The van der Waals surface area contributed by atoms with Crippen molar-refractivity contribution in [3.63, 3.8) is 0 Å². The van der Waals surface area contributed by atoms with Crippen LogP contribution in [0.1, 0.15) is 39.1 Å². The molecule has 1 rings (SSSR count). The molecule has 0 aliphatic rings. The minimum Gasteiger partial charge on any atom is -0.325 e. The van der Waals surface area contributed by atoms with E-state index in [1.165, 1.54) is 0 Å². The van der Waals surface area contributed by atoms with Gasteiger partial charge in [0.25, 0.3) is 0 Å². The first-order chi connectivity index (χ1) is 8.17. The van der Waals surface area contributed by atoms with Gasteiger partial charge in [0.05, 0.1) is 22.9 Å². The average molecular weight is 273 g/mol. The van der Waals surface area contributed by atoms with Crippen molar-refractivity contribution in [3.8, 4) is 0 Å². The monoisotopic (exact) mass is 273 g/mol. The SMILES string of the molecule is CCc1cc(CS(=O)(=O)CC(C)(C)N)n(CC)n1. The Labute approximate surface area is 109 Å². The minimum absolute atomic E-state index is 0.00840. The lowest BCUT2D eigenvalue weighted by Crippen LogP contribution is -2.40. The molecule has 18 heavy (non-hydrogen) atoms. The summed E-state index contributed by atoms with van der Waals surface area (Å²) in [6.45, 7) is 8.08. The van der Waals surface area contributed by atoms with Crippen LogP contribution in [0.5, 0.6) is 0 Å². The van der Waals surface area contributed by atoms with Gasteiger partial charge >= 0.3 is 0 Å². The number of nitrogens with zero attached hydrogens (tertiary/aromatic N) is 2. The van der Waals surface area contributed by atoms with Crippen LogP contribution in [0.15, 0.2) is 6.07 Å². The zero-order valence-corrected chi connectivity index (χ0v) is 12.4. The molecule has 0 atom stereocenters. The topological polar surface area (TPSA) is 78.0 Å². The summed E-state index contributed by atoms with van der Waals surface area (Å²) in [5, 5.41) is 4.35. The van der Waals surface area contributed by atoms with E-state index in [0.717, 1.165) is 17.8 Å². The van der Waals surface area contributed by atoms with Crippen LogP contribution < -0.4 is 5.73 Å². The predicted molar refractivity (Wildman–Crippen MR) is 73.0 cm³/mol. The summed E-state index contributed by atoms with van der Waals surface area (Å²) in [5.74, 6) is -0.00910. The number of sulfone groups is 1. The maximum atomic E-state index is 12.1. The summed E-state index contributed by atoms with van der Waals surface area (Å²) in [7, 11) is -3.21. The van der Waals surface area contributed by atoms with Crippen LogP contribution in [-0.4, -0.2) is 29.5 Å². The van der Waals surface area contributed by atoms with E-state index in [1.54, 1.807) is 18.5 Å². The largest absolute Gasteiger partial charge is 0.325 e. The Kier molecular flexibility index (Phi) is 4.55. The van der Waals surface area contributed by atoms with Crippen molar-refractivity contribution in [1.29, 1.82) is 0 Å². The van der Waals surface area contributed by atoms with Gasteiger partial charge in [0.15, 0.2) is 9.84 Å². The number of aryl methyl sites for hydroxylation is 2. The first kappa shape index (κ1) is 15.2. The summed E-state index contributed by atoms with van der Waals surface area (Å²) < 4.78 is 25.9. The highest BCUT2D eigenvalue weighted by atomic mass is 32.2. The van der Waals surface area contributed by atoms with Gasteiger partial charge in [-0.05, 0) is 33.3 Å². The van der Waals surface area contributed by atoms with Gasteiger partial charge in [0, 0.05) is 12.1 Å². The second-order valence-electron chi connectivity index (χ2n) is 5.32. The molecule has 0 spiro atoms. The van der Waals surface area contributed by atoms with Gasteiger partial charge in [-0.3, -0.25) is 4.68 Å². The fourth-order valence-corrected chi connectivity index (χ4v) is 3.84. The Balaban J connectivity index is 2.93. The van der Waals surface area contributed by atoms with E-state index in [9.17, 15) is 8.42 Å². The van der Waals surface area contributed by atoms with E-state index in [0.29, 0.717) is 6.54 Å². The van der Waals surface area contributed by atoms with Crippen molar-refractivity contribution in [3.05, 3.63) is 17.5 Å². The molecule has 0 amide bonds. The molecule has 104 valence electrons. The number of hydrogen-bond donors (Lipinski definition) is 1. The molecular formula is C12H23N3O2S. The molecule has 0 saturated heterocycles. The quantitative estimate of drug-likeness (QED) is 0.842. The fraction of sp³-hybridized carbons (Fsp3) is 0.750. The van der Waals surface area contributed by atoms with Crippen molar-refractivity contribution < 1.29 is 8.42 Å². The van der Waals surface area contributed by atoms with Crippen molar-refractivity contribution in [2.45, 2.75) is 52.0 Å². The third-order valence-corrected chi connectivity index (χ3v) is 4.45. The van der Waals surface area contributed by atoms with E-state index in [1.807, 2.05) is 19.9 Å². The van der Waals surface area contributed by atoms with Gasteiger partial charge in [-0.25, -0.2) is 8.42 Å². The Hall–Kier alpha value is -0.880. The van der Waals surface area contributed by atoms with E-state index >= 15 is 0 Å². The number of rotatable bonds is 6. The molecular weight excluding hydrogens is 250 g/mol. The van der Waals surface area contributed by atoms with Crippen LogP contribution in [0.2, 0.25) is 0 Å². The zero-order chi connectivity index (χ0) is 14.0. The first-order valence-corrected chi connectivity index (χ1v) is 8.04. The van der Waals surface area contributed by atoms with Crippen molar-refractivity contribution >= 4 is 9.84 Å². The maximum absolute atomic E-state index is 12.1. The normalized spacial score (nSPS) is 12.9. The third-order valence-electron chi connectivity index (χ3n) is 2.54. The van der Waals surface area contributed by atoms with Gasteiger partial charge in [0.2, 0.25) is 0 Å². The lowest BCUT2D eigenvalue weighted by molar-refractivity contribution is 0.540. The van der Waals surface area contributed by atoms with Crippen molar-refractivity contribution in [2.75, 3.05) is 5.75 Å². The molecule has 6 heteroatoms. The van der Waals surface area contributed by atoms with Gasteiger partial charge in [-0.15, -0.1) is 0 Å². The van der Waals surface area contributed by atoms with Crippen LogP contribution in [0.3, 0.4) is 0 Å². The van der Waals surface area contributed by atoms with Crippen molar-refractivity contribution in [1.82, 2.24) is 9.78 Å². The molecule has 0 aromatic carbocycles. The van der Waals surface area contributed by atoms with Crippen LogP contribution in [-0.2, 0) is 28.6 Å². The highest BCUT2D eigenvalue weighted by Gasteiger charge is 2.24. The van der Waals surface area contributed by atoms with E-state index in [-0.39, 0.29) is 11.5 Å².